The molecule has 1 aromatic carbocycles. The number of nitrogens with two attached hydrogens (primary N) is 1. The van der Waals surface area contributed by atoms with Gasteiger partial charge in [-0.3, -0.25) is 14.2 Å². The second kappa shape index (κ2) is 6.43. The van der Waals surface area contributed by atoms with Crippen LogP contribution in [0.3, 0.4) is 0 Å². The number of carbonyl (C=O) groups is 1. The number of aromatic nitrogens is 3. The van der Waals surface area contributed by atoms with Gasteiger partial charge in [0.15, 0.2) is 0 Å². The molecular formula is C23H28N6O2. The highest BCUT2D eigenvalue weighted by Crippen LogP contribution is 2.36. The van der Waals surface area contributed by atoms with Crippen molar-refractivity contribution >= 4 is 22.8 Å². The predicted molar refractivity (Wildman–Crippen MR) is 121 cm³/mol. The van der Waals surface area contributed by atoms with Crippen LogP contribution in [0.1, 0.15) is 62.6 Å². The smallest absolute Gasteiger partial charge is 0.262 e. The quantitative estimate of drug-likeness (QED) is 0.518. The Kier molecular flexibility index (Phi) is 4.11. The summed E-state index contributed by atoms with van der Waals surface area (Å²) in [6, 6.07) is 7.34. The minimum absolute atomic E-state index is 0.0752. The van der Waals surface area contributed by atoms with Crippen molar-refractivity contribution in [1.29, 1.82) is 0 Å². The lowest BCUT2D eigenvalue weighted by molar-refractivity contribution is 0.0958. The van der Waals surface area contributed by atoms with Crippen LogP contribution in [0.15, 0.2) is 29.1 Å². The minimum atomic E-state index is -0.338. The highest BCUT2D eigenvalue weighted by Gasteiger charge is 2.39. The van der Waals surface area contributed by atoms with E-state index < -0.39 is 0 Å². The molecule has 1 amide bonds. The molecule has 1 atom stereocenters. The van der Waals surface area contributed by atoms with Gasteiger partial charge in [0.1, 0.15) is 0 Å². The monoisotopic (exact) mass is 420 g/mol. The summed E-state index contributed by atoms with van der Waals surface area (Å²) in [6.07, 6.45) is 1.81. The zero-order valence-electron chi connectivity index (χ0n) is 18.3. The van der Waals surface area contributed by atoms with Gasteiger partial charge in [0.05, 0.1) is 28.2 Å². The molecule has 8 heteroatoms. The van der Waals surface area contributed by atoms with Crippen LogP contribution < -0.4 is 21.9 Å². The molecule has 0 unspecified atom stereocenters. The predicted octanol–water partition coefficient (Wildman–Crippen LogP) is 2.90. The summed E-state index contributed by atoms with van der Waals surface area (Å²) in [5.41, 5.74) is 9.30. The third-order valence-corrected chi connectivity index (χ3v) is 6.00. The fourth-order valence-electron chi connectivity index (χ4n) is 4.16. The van der Waals surface area contributed by atoms with Gasteiger partial charge in [-0.2, -0.15) is 0 Å². The normalized spacial score (nSPS) is 19.4. The fraction of sp³-hybridized carbons (Fsp3) is 0.435. The number of benzene rings is 1. The zero-order chi connectivity index (χ0) is 22.1. The molecule has 5 N–H and O–H groups in total. The number of H-pyrrole nitrogens is 1. The Morgan fingerprint density at radius 3 is 2.65 bits per heavy atom. The molecule has 162 valence electrons. The third-order valence-electron chi connectivity index (χ3n) is 6.00. The highest BCUT2D eigenvalue weighted by molar-refractivity contribution is 6.01. The van der Waals surface area contributed by atoms with Crippen LogP contribution in [0.25, 0.3) is 22.2 Å². The lowest BCUT2D eigenvalue weighted by Gasteiger charge is -2.25. The first-order valence-electron chi connectivity index (χ1n) is 10.7. The van der Waals surface area contributed by atoms with Gasteiger partial charge in [0.2, 0.25) is 5.95 Å². The molecule has 0 bridgehead atoms. The molecule has 5 rings (SSSR count). The maximum Gasteiger partial charge on any atom is 0.262 e. The number of para-hydroxylation sites is 1. The Morgan fingerprint density at radius 2 is 2.00 bits per heavy atom. The number of anilines is 1. The van der Waals surface area contributed by atoms with Crippen LogP contribution in [-0.4, -0.2) is 31.5 Å². The summed E-state index contributed by atoms with van der Waals surface area (Å²) < 4.78 is 1.68. The fourth-order valence-corrected chi connectivity index (χ4v) is 4.16. The van der Waals surface area contributed by atoms with Crippen molar-refractivity contribution in [3.05, 3.63) is 45.9 Å². The summed E-state index contributed by atoms with van der Waals surface area (Å²) in [6.45, 7) is 8.47. The van der Waals surface area contributed by atoms with Crippen LogP contribution in [0, 0.1) is 0 Å². The molecule has 2 aromatic heterocycles. The van der Waals surface area contributed by atoms with Crippen LogP contribution in [-0.2, 0) is 6.54 Å². The number of nitrogens with one attached hydrogen (secondary N) is 3. The largest absolute Gasteiger partial charge is 0.356 e. The second-order valence-electron chi connectivity index (χ2n) is 9.97. The van der Waals surface area contributed by atoms with Gasteiger partial charge in [-0.1, -0.05) is 12.1 Å². The summed E-state index contributed by atoms with van der Waals surface area (Å²) >= 11 is 0. The first kappa shape index (κ1) is 19.8. The number of carbonyl (C=O) groups excluding carboxylic acids is 1. The standard InChI is InChI=1S/C23H28N6O2/c1-12-17-15(19(30)25-12)10-16(26-17)13-6-5-7-14-18(13)27-21(28-22(2,3)4)29(20(14)31)11-23(24)8-9-23/h5-7,10,12,26H,8-9,11,24H2,1-4H3,(H,25,30)(H,27,28)/t12-/m1/s1. The zero-order valence-corrected chi connectivity index (χ0v) is 18.3. The topological polar surface area (TPSA) is 118 Å². The molecule has 0 saturated heterocycles. The first-order chi connectivity index (χ1) is 14.5. The molecule has 8 nitrogen and oxygen atoms in total. The molecule has 0 radical (unpaired) electrons. The van der Waals surface area contributed by atoms with Crippen LogP contribution in [0.2, 0.25) is 0 Å². The average Bonchev–Trinajstić information content (AvgIpc) is 3.14. The molecule has 3 aromatic rings. The Bertz CT molecular complexity index is 1280. The van der Waals surface area contributed by atoms with Crippen molar-refractivity contribution in [2.45, 2.75) is 64.2 Å². The van der Waals surface area contributed by atoms with Gasteiger partial charge in [-0.05, 0) is 52.7 Å². The maximum atomic E-state index is 13.5. The van der Waals surface area contributed by atoms with E-state index in [0.717, 1.165) is 29.8 Å². The van der Waals surface area contributed by atoms with Crippen molar-refractivity contribution in [2.24, 2.45) is 5.73 Å². The van der Waals surface area contributed by atoms with E-state index in [2.05, 4.69) is 15.6 Å². The molecule has 1 aliphatic heterocycles. The third kappa shape index (κ3) is 3.40. The van der Waals surface area contributed by atoms with E-state index in [9.17, 15) is 9.59 Å². The van der Waals surface area contributed by atoms with Gasteiger partial charge in [-0.15, -0.1) is 0 Å². The van der Waals surface area contributed by atoms with Crippen molar-refractivity contribution in [1.82, 2.24) is 19.9 Å². The van der Waals surface area contributed by atoms with Crippen LogP contribution >= 0.6 is 0 Å². The van der Waals surface area contributed by atoms with E-state index in [1.165, 1.54) is 0 Å². The van der Waals surface area contributed by atoms with Crippen molar-refractivity contribution in [3.63, 3.8) is 0 Å². The molecule has 1 fully saturated rings. The number of aromatic amines is 1. The Hall–Kier alpha value is -3.13. The molecular weight excluding hydrogens is 392 g/mol. The van der Waals surface area contributed by atoms with E-state index >= 15 is 0 Å². The lowest BCUT2D eigenvalue weighted by Crippen LogP contribution is -2.38. The van der Waals surface area contributed by atoms with E-state index in [0.29, 0.717) is 29.0 Å². The number of amides is 1. The SMILES string of the molecule is C[C@H]1NC(=O)c2cc(-c3cccc4c(=O)n(CC5(N)CC5)c(NC(C)(C)C)nc34)[nH]c21. The molecule has 1 saturated carbocycles. The molecule has 1 aliphatic carbocycles. The minimum Gasteiger partial charge on any atom is -0.356 e. The number of hydrogen-bond acceptors (Lipinski definition) is 5. The van der Waals surface area contributed by atoms with Gasteiger partial charge in [-0.25, -0.2) is 4.98 Å². The lowest BCUT2D eigenvalue weighted by atomic mass is 10.1. The van der Waals surface area contributed by atoms with Crippen molar-refractivity contribution < 1.29 is 4.79 Å². The Labute approximate surface area is 180 Å². The number of nitrogens with zero attached hydrogens (tertiary/aromatic N) is 2. The molecule has 0 spiro atoms. The Morgan fingerprint density at radius 1 is 1.26 bits per heavy atom. The van der Waals surface area contributed by atoms with Crippen molar-refractivity contribution in [2.75, 3.05) is 5.32 Å². The maximum absolute atomic E-state index is 13.5. The van der Waals surface area contributed by atoms with Gasteiger partial charge in [0.25, 0.3) is 11.5 Å². The van der Waals surface area contributed by atoms with Crippen LogP contribution in [0.4, 0.5) is 5.95 Å². The first-order valence-corrected chi connectivity index (χ1v) is 10.7. The summed E-state index contributed by atoms with van der Waals surface area (Å²) in [4.78, 5) is 34.0. The van der Waals surface area contributed by atoms with E-state index in [1.807, 2.05) is 45.9 Å². The van der Waals surface area contributed by atoms with E-state index in [1.54, 1.807) is 10.6 Å². The van der Waals surface area contributed by atoms with E-state index in [4.69, 9.17) is 10.7 Å². The molecule has 2 aliphatic rings. The molecule has 31 heavy (non-hydrogen) atoms. The molecule has 3 heterocycles. The van der Waals surface area contributed by atoms with Gasteiger partial charge < -0.3 is 21.4 Å². The second-order valence-corrected chi connectivity index (χ2v) is 9.97. The summed E-state index contributed by atoms with van der Waals surface area (Å²) in [7, 11) is 0. The Balaban J connectivity index is 1.71. The number of hydrogen-bond donors (Lipinski definition) is 4. The van der Waals surface area contributed by atoms with Gasteiger partial charge in [0, 0.05) is 28.9 Å². The number of fused-ring (bicyclic) bond motifs is 2. The highest BCUT2D eigenvalue weighted by atomic mass is 16.2. The van der Waals surface area contributed by atoms with Crippen molar-refractivity contribution in [3.8, 4) is 11.3 Å². The van der Waals surface area contributed by atoms with E-state index in [-0.39, 0.29) is 28.6 Å². The summed E-state index contributed by atoms with van der Waals surface area (Å²) in [5, 5.41) is 6.82. The average molecular weight is 421 g/mol. The summed E-state index contributed by atoms with van der Waals surface area (Å²) in [5.74, 6) is 0.424. The van der Waals surface area contributed by atoms with Crippen LogP contribution in [0.5, 0.6) is 0 Å². The van der Waals surface area contributed by atoms with Gasteiger partial charge >= 0.3 is 0 Å². The number of rotatable bonds is 4.